The lowest BCUT2D eigenvalue weighted by atomic mass is 9.73. The molecule has 0 nitrogen and oxygen atoms in total. The van der Waals surface area contributed by atoms with Crippen molar-refractivity contribution in [3.63, 3.8) is 0 Å². The summed E-state index contributed by atoms with van der Waals surface area (Å²) in [7, 11) is 0. The van der Waals surface area contributed by atoms with Crippen molar-refractivity contribution in [3.05, 3.63) is 65.8 Å². The third-order valence-electron chi connectivity index (χ3n) is 9.96. The predicted molar refractivity (Wildman–Crippen MR) is 145 cm³/mol. The molecular formula is C33H44. The molecule has 2 aromatic rings. The highest BCUT2D eigenvalue weighted by atomic mass is 14.4. The van der Waals surface area contributed by atoms with Crippen LogP contribution in [0.1, 0.15) is 107 Å². The number of fused-ring (bicyclic) bond motifs is 1. The van der Waals surface area contributed by atoms with Crippen LogP contribution in [-0.4, -0.2) is 0 Å². The Morgan fingerprint density at radius 3 is 2.15 bits per heavy atom. The van der Waals surface area contributed by atoms with E-state index in [-0.39, 0.29) is 5.41 Å². The number of benzene rings is 2. The molecule has 3 aliphatic carbocycles. The predicted octanol–water partition coefficient (Wildman–Crippen LogP) is 10.0. The van der Waals surface area contributed by atoms with Gasteiger partial charge in [-0.25, -0.2) is 0 Å². The molecule has 5 rings (SSSR count). The zero-order chi connectivity index (χ0) is 22.8. The van der Waals surface area contributed by atoms with Crippen molar-refractivity contribution in [3.8, 4) is 0 Å². The first-order valence-corrected chi connectivity index (χ1v) is 13.9. The number of allylic oxidation sites excluding steroid dienone is 2. The topological polar surface area (TPSA) is 0 Å². The van der Waals surface area contributed by atoms with Gasteiger partial charge in [-0.1, -0.05) is 94.0 Å². The molecule has 1 unspecified atom stereocenters. The smallest absolute Gasteiger partial charge is 0.00615 e. The third-order valence-corrected chi connectivity index (χ3v) is 9.96. The van der Waals surface area contributed by atoms with E-state index in [0.717, 1.165) is 23.7 Å². The summed E-state index contributed by atoms with van der Waals surface area (Å²) in [6.45, 7) is 8.91. The fourth-order valence-electron chi connectivity index (χ4n) is 7.48. The van der Waals surface area contributed by atoms with Gasteiger partial charge in [0.05, 0.1) is 0 Å². The minimum Gasteiger partial charge on any atom is -0.102 e. The molecule has 1 atom stereocenters. The van der Waals surface area contributed by atoms with Gasteiger partial charge in [-0.15, -0.1) is 6.58 Å². The van der Waals surface area contributed by atoms with E-state index >= 15 is 0 Å². The average molecular weight is 441 g/mol. The van der Waals surface area contributed by atoms with Crippen LogP contribution in [0.15, 0.2) is 49.1 Å². The molecule has 3 fully saturated rings. The van der Waals surface area contributed by atoms with Gasteiger partial charge >= 0.3 is 0 Å². The molecule has 0 spiro atoms. The number of hydrogen-bond acceptors (Lipinski definition) is 0. The largest absolute Gasteiger partial charge is 0.102 e. The lowest BCUT2D eigenvalue weighted by Gasteiger charge is -2.32. The van der Waals surface area contributed by atoms with Crippen molar-refractivity contribution >= 4 is 16.8 Å². The monoisotopic (exact) mass is 440 g/mol. The maximum absolute atomic E-state index is 4.20. The molecule has 0 bridgehead atoms. The van der Waals surface area contributed by atoms with Crippen molar-refractivity contribution in [2.24, 2.45) is 23.2 Å². The molecule has 0 aliphatic heterocycles. The summed E-state index contributed by atoms with van der Waals surface area (Å²) in [5.74, 6) is 3.57. The molecule has 0 amide bonds. The molecule has 3 aliphatic rings. The molecule has 0 heteroatoms. The molecule has 0 radical (unpaired) electrons. The maximum atomic E-state index is 4.20. The molecule has 176 valence electrons. The molecule has 33 heavy (non-hydrogen) atoms. The lowest BCUT2D eigenvalue weighted by molar-refractivity contribution is 0.235. The number of rotatable bonds is 6. The van der Waals surface area contributed by atoms with Gasteiger partial charge in [-0.05, 0) is 96.6 Å². The summed E-state index contributed by atoms with van der Waals surface area (Å²) in [6.07, 6.45) is 24.1. The van der Waals surface area contributed by atoms with Crippen LogP contribution in [0.3, 0.4) is 0 Å². The van der Waals surface area contributed by atoms with Crippen molar-refractivity contribution in [1.29, 1.82) is 0 Å². The minimum atomic E-state index is 0.109. The Labute approximate surface area is 202 Å². The fraction of sp³-hybridized carbons (Fsp3) is 0.576. The molecule has 2 aromatic carbocycles. The van der Waals surface area contributed by atoms with Crippen LogP contribution >= 0.6 is 0 Å². The Balaban J connectivity index is 1.35. The summed E-state index contributed by atoms with van der Waals surface area (Å²) >= 11 is 0. The highest BCUT2D eigenvalue weighted by Gasteiger charge is 2.31. The zero-order valence-corrected chi connectivity index (χ0v) is 21.1. The summed E-state index contributed by atoms with van der Waals surface area (Å²) in [4.78, 5) is 0. The first-order valence-electron chi connectivity index (χ1n) is 13.9. The van der Waals surface area contributed by atoms with Crippen molar-refractivity contribution < 1.29 is 0 Å². The normalized spacial score (nSPS) is 26.8. The van der Waals surface area contributed by atoms with Crippen LogP contribution < -0.4 is 0 Å². The van der Waals surface area contributed by atoms with E-state index < -0.39 is 0 Å². The molecular weight excluding hydrogens is 396 g/mol. The van der Waals surface area contributed by atoms with Crippen LogP contribution in [0.4, 0.5) is 0 Å². The van der Waals surface area contributed by atoms with Gasteiger partial charge in [0, 0.05) is 5.41 Å². The van der Waals surface area contributed by atoms with Gasteiger partial charge in [-0.3, -0.25) is 0 Å². The molecule has 0 aromatic heterocycles. The fourth-order valence-corrected chi connectivity index (χ4v) is 7.48. The van der Waals surface area contributed by atoms with E-state index in [0.29, 0.717) is 0 Å². The van der Waals surface area contributed by atoms with E-state index in [1.165, 1.54) is 98.9 Å². The molecule has 3 saturated carbocycles. The number of hydrogen-bond donors (Lipinski definition) is 0. The van der Waals surface area contributed by atoms with Gasteiger partial charge in [0.15, 0.2) is 0 Å². The van der Waals surface area contributed by atoms with Gasteiger partial charge in [0.1, 0.15) is 0 Å². The van der Waals surface area contributed by atoms with E-state index in [1.54, 1.807) is 5.56 Å². The van der Waals surface area contributed by atoms with Gasteiger partial charge in [0.25, 0.3) is 0 Å². The van der Waals surface area contributed by atoms with Crippen LogP contribution in [0.5, 0.6) is 0 Å². The first-order chi connectivity index (χ1) is 16.1. The van der Waals surface area contributed by atoms with Crippen LogP contribution in [0.25, 0.3) is 16.8 Å². The summed E-state index contributed by atoms with van der Waals surface area (Å²) < 4.78 is 0. The maximum Gasteiger partial charge on any atom is 0.00615 e. The van der Waals surface area contributed by atoms with E-state index in [1.807, 2.05) is 0 Å². The van der Waals surface area contributed by atoms with Gasteiger partial charge in [-0.2, -0.15) is 0 Å². The van der Waals surface area contributed by atoms with Crippen molar-refractivity contribution in [1.82, 2.24) is 0 Å². The lowest BCUT2D eigenvalue weighted by Crippen LogP contribution is -2.20. The molecule has 0 N–H and O–H groups in total. The average Bonchev–Trinajstić information content (AvgIpc) is 3.59. The van der Waals surface area contributed by atoms with E-state index in [9.17, 15) is 0 Å². The minimum absolute atomic E-state index is 0.109. The van der Waals surface area contributed by atoms with Crippen LogP contribution in [-0.2, 0) is 0 Å². The Hall–Kier alpha value is -1.82. The second kappa shape index (κ2) is 9.81. The molecule has 0 heterocycles. The number of aryl methyl sites for hydroxylation is 1. The Bertz CT molecular complexity index is 990. The third kappa shape index (κ3) is 4.73. The standard InChI is InChI=1S/C33H44/c1-4-33(3,31-11-7-8-12-31)22-21-25-13-18-29-19-20-30(23-32(29)24(25)2)28-16-14-27(15-17-28)26-9-5-6-10-26/h4,13,18-23,26-28,31H,1,5-12,14-17H2,2-3H3/b22-21-. The van der Waals surface area contributed by atoms with Crippen molar-refractivity contribution in [2.45, 2.75) is 96.8 Å². The summed E-state index contributed by atoms with van der Waals surface area (Å²) in [5, 5.41) is 2.84. The van der Waals surface area contributed by atoms with Crippen LogP contribution in [0, 0.1) is 30.1 Å². The highest BCUT2D eigenvalue weighted by Crippen LogP contribution is 2.45. The summed E-state index contributed by atoms with van der Waals surface area (Å²) in [6, 6.07) is 12.0. The Morgan fingerprint density at radius 1 is 0.818 bits per heavy atom. The van der Waals surface area contributed by atoms with Gasteiger partial charge in [0.2, 0.25) is 0 Å². The summed E-state index contributed by atoms with van der Waals surface area (Å²) in [5.41, 5.74) is 4.50. The zero-order valence-electron chi connectivity index (χ0n) is 21.1. The first kappa shape index (κ1) is 22.9. The van der Waals surface area contributed by atoms with Crippen LogP contribution in [0.2, 0.25) is 0 Å². The van der Waals surface area contributed by atoms with Crippen molar-refractivity contribution in [2.75, 3.05) is 0 Å². The Morgan fingerprint density at radius 2 is 1.45 bits per heavy atom. The highest BCUT2D eigenvalue weighted by molar-refractivity contribution is 5.89. The Kier molecular flexibility index (Phi) is 6.82. The van der Waals surface area contributed by atoms with E-state index in [2.05, 4.69) is 69.0 Å². The second-order valence-electron chi connectivity index (χ2n) is 11.8. The second-order valence-corrected chi connectivity index (χ2v) is 11.8. The molecule has 0 saturated heterocycles. The van der Waals surface area contributed by atoms with E-state index in [4.69, 9.17) is 0 Å². The van der Waals surface area contributed by atoms with Gasteiger partial charge < -0.3 is 0 Å². The quantitative estimate of drug-likeness (QED) is 0.392. The SMILES string of the molecule is C=CC(C)(/C=C\c1ccc2ccc(C3CCC(C4CCCC4)CC3)cc2c1C)C1CCCC1.